The topological polar surface area (TPSA) is 71.3 Å². The Morgan fingerprint density at radius 1 is 1.22 bits per heavy atom. The molecule has 2 aliphatic rings. The van der Waals surface area contributed by atoms with Crippen molar-refractivity contribution >= 4 is 18.3 Å². The summed E-state index contributed by atoms with van der Waals surface area (Å²) < 4.78 is 5.34. The zero-order valence-corrected chi connectivity index (χ0v) is 16.7. The van der Waals surface area contributed by atoms with E-state index in [4.69, 9.17) is 4.52 Å². The van der Waals surface area contributed by atoms with E-state index in [1.807, 2.05) is 17.0 Å². The van der Waals surface area contributed by atoms with Crippen molar-refractivity contribution in [2.24, 2.45) is 11.8 Å². The Balaban J connectivity index is 0.00000210. The lowest BCUT2D eigenvalue weighted by Gasteiger charge is -2.16. The van der Waals surface area contributed by atoms with Gasteiger partial charge in [0.2, 0.25) is 17.6 Å². The minimum absolute atomic E-state index is 0. The molecule has 0 saturated carbocycles. The van der Waals surface area contributed by atoms with Crippen molar-refractivity contribution in [3.8, 4) is 11.4 Å². The van der Waals surface area contributed by atoms with Crippen molar-refractivity contribution in [3.63, 3.8) is 0 Å². The van der Waals surface area contributed by atoms with Gasteiger partial charge < -0.3 is 14.7 Å². The van der Waals surface area contributed by atoms with Crippen LogP contribution in [-0.4, -0.2) is 47.1 Å². The molecule has 1 aromatic carbocycles. The van der Waals surface area contributed by atoms with Crippen LogP contribution in [0.3, 0.4) is 0 Å². The number of benzene rings is 1. The van der Waals surface area contributed by atoms with Crippen molar-refractivity contribution in [1.29, 1.82) is 0 Å². The lowest BCUT2D eigenvalue weighted by molar-refractivity contribution is -0.130. The van der Waals surface area contributed by atoms with E-state index < -0.39 is 0 Å². The first-order valence-corrected chi connectivity index (χ1v) is 9.51. The Bertz CT molecular complexity index is 763. The smallest absolute Gasteiger partial charge is 0.227 e. The fourth-order valence-electron chi connectivity index (χ4n) is 3.92. The highest BCUT2D eigenvalue weighted by Gasteiger charge is 2.37. The summed E-state index contributed by atoms with van der Waals surface area (Å²) in [7, 11) is 0. The van der Waals surface area contributed by atoms with E-state index in [1.54, 1.807) is 0 Å². The van der Waals surface area contributed by atoms with E-state index in [1.165, 1.54) is 5.56 Å². The molecular weight excluding hydrogens is 364 g/mol. The number of aryl methyl sites for hydroxylation is 1. The maximum atomic E-state index is 12.4. The first-order chi connectivity index (χ1) is 12.6. The number of rotatable bonds is 5. The second-order valence-electron chi connectivity index (χ2n) is 7.77. The molecule has 6 nitrogen and oxygen atoms in total. The summed E-state index contributed by atoms with van der Waals surface area (Å²) >= 11 is 0. The maximum absolute atomic E-state index is 12.4. The second kappa shape index (κ2) is 8.40. The molecule has 2 aromatic rings. The Kier molecular flexibility index (Phi) is 6.17. The summed E-state index contributed by atoms with van der Waals surface area (Å²) in [6.45, 7) is 8.18. The van der Waals surface area contributed by atoms with Gasteiger partial charge in [-0.25, -0.2) is 0 Å². The minimum Gasteiger partial charge on any atom is -0.342 e. The standard InChI is InChI=1S/C20H26N4O2.ClH/c1-13(2)14-3-5-15(6-4-14)20-22-18(26-23-20)7-8-19(25)24-11-16-9-21-10-17(16)12-24;/h3-6,13,16-17,21H,7-12H2,1-2H3;1H/t16-,17+;. The molecule has 7 heteroatoms. The average Bonchev–Trinajstić information content (AvgIpc) is 3.35. The molecule has 1 amide bonds. The lowest BCUT2D eigenvalue weighted by atomic mass is 10.0. The molecule has 4 rings (SSSR count). The molecule has 0 spiro atoms. The first kappa shape index (κ1) is 19.8. The van der Waals surface area contributed by atoms with Crippen LogP contribution >= 0.6 is 12.4 Å². The van der Waals surface area contributed by atoms with E-state index in [2.05, 4.69) is 41.4 Å². The molecule has 27 heavy (non-hydrogen) atoms. The molecule has 2 aliphatic heterocycles. The van der Waals surface area contributed by atoms with E-state index in [0.29, 0.717) is 42.3 Å². The zero-order valence-electron chi connectivity index (χ0n) is 15.9. The third kappa shape index (κ3) is 4.33. The molecule has 0 unspecified atom stereocenters. The van der Waals surface area contributed by atoms with Gasteiger partial charge in [-0.2, -0.15) is 4.98 Å². The number of fused-ring (bicyclic) bond motifs is 1. The van der Waals surface area contributed by atoms with Gasteiger partial charge in [-0.05, 0) is 23.3 Å². The summed E-state index contributed by atoms with van der Waals surface area (Å²) in [5.41, 5.74) is 2.23. The highest BCUT2D eigenvalue weighted by molar-refractivity contribution is 5.85. The summed E-state index contributed by atoms with van der Waals surface area (Å²) in [6.07, 6.45) is 0.931. The molecule has 2 saturated heterocycles. The predicted molar refractivity (Wildman–Crippen MR) is 106 cm³/mol. The van der Waals surface area contributed by atoms with Gasteiger partial charge in [0.05, 0.1) is 0 Å². The SMILES string of the molecule is CC(C)c1ccc(-c2noc(CCC(=O)N3C[C@H]4CNC[C@H]4C3)n2)cc1.Cl. The van der Waals surface area contributed by atoms with Crippen molar-refractivity contribution in [3.05, 3.63) is 35.7 Å². The normalized spacial score (nSPS) is 21.4. The van der Waals surface area contributed by atoms with E-state index >= 15 is 0 Å². The van der Waals surface area contributed by atoms with Crippen molar-refractivity contribution in [2.75, 3.05) is 26.2 Å². The van der Waals surface area contributed by atoms with Gasteiger partial charge in [0, 0.05) is 44.6 Å². The largest absolute Gasteiger partial charge is 0.342 e. The number of hydrogen-bond acceptors (Lipinski definition) is 5. The number of hydrogen-bond donors (Lipinski definition) is 1. The third-order valence-electron chi connectivity index (χ3n) is 5.60. The number of amides is 1. The minimum atomic E-state index is 0. The Hall–Kier alpha value is -1.92. The number of nitrogens with one attached hydrogen (secondary N) is 1. The van der Waals surface area contributed by atoms with Gasteiger partial charge >= 0.3 is 0 Å². The fraction of sp³-hybridized carbons (Fsp3) is 0.550. The molecule has 146 valence electrons. The van der Waals surface area contributed by atoms with E-state index in [0.717, 1.165) is 31.7 Å². The molecule has 0 radical (unpaired) electrons. The molecule has 0 aliphatic carbocycles. The molecule has 2 atom stereocenters. The van der Waals surface area contributed by atoms with Crippen LogP contribution in [-0.2, 0) is 11.2 Å². The van der Waals surface area contributed by atoms with E-state index in [9.17, 15) is 4.79 Å². The third-order valence-corrected chi connectivity index (χ3v) is 5.60. The van der Waals surface area contributed by atoms with Crippen LogP contribution in [0, 0.1) is 11.8 Å². The number of likely N-dealkylation sites (tertiary alicyclic amines) is 1. The van der Waals surface area contributed by atoms with Crippen LogP contribution in [0.15, 0.2) is 28.8 Å². The van der Waals surface area contributed by atoms with Gasteiger partial charge in [0.25, 0.3) is 0 Å². The Morgan fingerprint density at radius 3 is 2.52 bits per heavy atom. The van der Waals surface area contributed by atoms with Crippen molar-refractivity contribution in [1.82, 2.24) is 20.4 Å². The first-order valence-electron chi connectivity index (χ1n) is 9.51. The van der Waals surface area contributed by atoms with Gasteiger partial charge in [-0.3, -0.25) is 4.79 Å². The van der Waals surface area contributed by atoms with Crippen molar-refractivity contribution in [2.45, 2.75) is 32.6 Å². The predicted octanol–water partition coefficient (Wildman–Crippen LogP) is 2.89. The number of carbonyl (C=O) groups is 1. The molecule has 0 bridgehead atoms. The number of nitrogens with zero attached hydrogens (tertiary/aromatic N) is 3. The van der Waals surface area contributed by atoms with Crippen LogP contribution in [0.2, 0.25) is 0 Å². The number of aromatic nitrogens is 2. The van der Waals surface area contributed by atoms with Gasteiger partial charge in [-0.15, -0.1) is 12.4 Å². The number of carbonyl (C=O) groups excluding carboxylic acids is 1. The van der Waals surface area contributed by atoms with Crippen LogP contribution < -0.4 is 5.32 Å². The molecular formula is C20H27ClN4O2. The van der Waals surface area contributed by atoms with Crippen molar-refractivity contribution < 1.29 is 9.32 Å². The summed E-state index contributed by atoms with van der Waals surface area (Å²) in [4.78, 5) is 18.9. The number of halogens is 1. The highest BCUT2D eigenvalue weighted by atomic mass is 35.5. The van der Waals surface area contributed by atoms with Gasteiger partial charge in [0.1, 0.15) is 0 Å². The van der Waals surface area contributed by atoms with Crippen LogP contribution in [0.1, 0.15) is 37.6 Å². The highest BCUT2D eigenvalue weighted by Crippen LogP contribution is 2.27. The fourth-order valence-corrected chi connectivity index (χ4v) is 3.92. The average molecular weight is 391 g/mol. The van der Waals surface area contributed by atoms with Crippen LogP contribution in [0.25, 0.3) is 11.4 Å². The molecule has 1 N–H and O–H groups in total. The quantitative estimate of drug-likeness (QED) is 0.849. The van der Waals surface area contributed by atoms with Crippen LogP contribution in [0.4, 0.5) is 0 Å². The summed E-state index contributed by atoms with van der Waals surface area (Å²) in [5.74, 6) is 3.06. The second-order valence-corrected chi connectivity index (χ2v) is 7.77. The maximum Gasteiger partial charge on any atom is 0.227 e. The molecule has 1 aromatic heterocycles. The monoisotopic (exact) mass is 390 g/mol. The summed E-state index contributed by atoms with van der Waals surface area (Å²) in [5, 5.41) is 7.46. The van der Waals surface area contributed by atoms with Gasteiger partial charge in [0.15, 0.2) is 0 Å². The van der Waals surface area contributed by atoms with Crippen LogP contribution in [0.5, 0.6) is 0 Å². The lowest BCUT2D eigenvalue weighted by Crippen LogP contribution is -2.32. The summed E-state index contributed by atoms with van der Waals surface area (Å²) in [6, 6.07) is 8.23. The Labute approximate surface area is 166 Å². The van der Waals surface area contributed by atoms with E-state index in [-0.39, 0.29) is 18.3 Å². The Morgan fingerprint density at radius 2 is 1.89 bits per heavy atom. The van der Waals surface area contributed by atoms with Gasteiger partial charge in [-0.1, -0.05) is 43.3 Å². The molecule has 2 fully saturated rings. The molecule has 3 heterocycles. The zero-order chi connectivity index (χ0) is 18.1.